The Labute approximate surface area is 110 Å². The molecule has 2 aromatic rings. The zero-order chi connectivity index (χ0) is 12.3. The van der Waals surface area contributed by atoms with E-state index in [9.17, 15) is 0 Å². The van der Waals surface area contributed by atoms with Gasteiger partial charge in [0.15, 0.2) is 0 Å². The summed E-state index contributed by atoms with van der Waals surface area (Å²) < 4.78 is 1.14. The molecule has 3 heteroatoms. The average molecular weight is 291 g/mol. The van der Waals surface area contributed by atoms with Gasteiger partial charge in [0, 0.05) is 17.2 Å². The lowest BCUT2D eigenvalue weighted by Gasteiger charge is -2.10. The predicted molar refractivity (Wildman–Crippen MR) is 75.2 cm³/mol. The minimum absolute atomic E-state index is 0.799. The standard InChI is InChI=1S/C14H15BrN2/c1-10-3-4-12(13(15)7-10)8-17-14-9-16-6-5-11(14)2/h3-7,9,17H,8H2,1-2H3. The Hall–Kier alpha value is -1.35. The van der Waals surface area contributed by atoms with E-state index in [1.807, 2.05) is 18.5 Å². The third-order valence-electron chi connectivity index (χ3n) is 2.72. The Bertz CT molecular complexity index is 523. The highest BCUT2D eigenvalue weighted by Crippen LogP contribution is 2.20. The van der Waals surface area contributed by atoms with Gasteiger partial charge in [-0.15, -0.1) is 0 Å². The summed E-state index contributed by atoms with van der Waals surface area (Å²) in [6, 6.07) is 8.40. The van der Waals surface area contributed by atoms with E-state index in [2.05, 4.69) is 58.3 Å². The SMILES string of the molecule is Cc1ccc(CNc2cnccc2C)c(Br)c1. The molecule has 2 nitrogen and oxygen atoms in total. The molecule has 1 aromatic carbocycles. The highest BCUT2D eigenvalue weighted by Gasteiger charge is 2.01. The molecule has 0 aliphatic carbocycles. The fourth-order valence-corrected chi connectivity index (χ4v) is 2.27. The topological polar surface area (TPSA) is 24.9 Å². The number of rotatable bonds is 3. The van der Waals surface area contributed by atoms with E-state index in [4.69, 9.17) is 0 Å². The summed E-state index contributed by atoms with van der Waals surface area (Å²) in [5, 5.41) is 3.40. The molecular formula is C14H15BrN2. The first-order chi connectivity index (χ1) is 8.16. The number of halogens is 1. The molecule has 0 saturated heterocycles. The molecule has 0 aliphatic rings. The van der Waals surface area contributed by atoms with Gasteiger partial charge in [-0.2, -0.15) is 0 Å². The van der Waals surface area contributed by atoms with E-state index >= 15 is 0 Å². The minimum Gasteiger partial charge on any atom is -0.379 e. The molecule has 17 heavy (non-hydrogen) atoms. The number of nitrogens with one attached hydrogen (secondary N) is 1. The zero-order valence-electron chi connectivity index (χ0n) is 10.00. The van der Waals surface area contributed by atoms with Crippen molar-refractivity contribution in [3.05, 3.63) is 57.8 Å². The number of pyridine rings is 1. The monoisotopic (exact) mass is 290 g/mol. The summed E-state index contributed by atoms with van der Waals surface area (Å²) in [7, 11) is 0. The highest BCUT2D eigenvalue weighted by atomic mass is 79.9. The maximum Gasteiger partial charge on any atom is 0.0559 e. The first-order valence-corrected chi connectivity index (χ1v) is 6.35. The van der Waals surface area contributed by atoms with Gasteiger partial charge in [0.1, 0.15) is 0 Å². The number of aryl methyl sites for hydroxylation is 2. The lowest BCUT2D eigenvalue weighted by molar-refractivity contribution is 1.11. The Morgan fingerprint density at radius 1 is 1.24 bits per heavy atom. The van der Waals surface area contributed by atoms with Crippen molar-refractivity contribution in [3.8, 4) is 0 Å². The van der Waals surface area contributed by atoms with E-state index < -0.39 is 0 Å². The van der Waals surface area contributed by atoms with Crippen LogP contribution >= 0.6 is 15.9 Å². The van der Waals surface area contributed by atoms with Crippen LogP contribution in [0.5, 0.6) is 0 Å². The van der Waals surface area contributed by atoms with Crippen molar-refractivity contribution in [2.75, 3.05) is 5.32 Å². The smallest absolute Gasteiger partial charge is 0.0559 e. The second-order valence-corrected chi connectivity index (χ2v) is 4.99. The molecular weight excluding hydrogens is 276 g/mol. The van der Waals surface area contributed by atoms with Crippen LogP contribution in [-0.2, 0) is 6.54 Å². The van der Waals surface area contributed by atoms with Crippen LogP contribution in [0, 0.1) is 13.8 Å². The third kappa shape index (κ3) is 3.07. The summed E-state index contributed by atoms with van der Waals surface area (Å²) in [6.07, 6.45) is 3.67. The van der Waals surface area contributed by atoms with Gasteiger partial charge in [-0.3, -0.25) is 4.98 Å². The van der Waals surface area contributed by atoms with Crippen molar-refractivity contribution in [2.24, 2.45) is 0 Å². The molecule has 0 atom stereocenters. The Morgan fingerprint density at radius 3 is 2.76 bits per heavy atom. The van der Waals surface area contributed by atoms with Crippen LogP contribution in [0.2, 0.25) is 0 Å². The van der Waals surface area contributed by atoms with Gasteiger partial charge in [-0.05, 0) is 42.7 Å². The van der Waals surface area contributed by atoms with Crippen molar-refractivity contribution in [3.63, 3.8) is 0 Å². The first kappa shape index (κ1) is 12.1. The normalized spacial score (nSPS) is 10.3. The summed E-state index contributed by atoms with van der Waals surface area (Å²) in [6.45, 7) is 4.97. The number of benzene rings is 1. The number of nitrogens with zero attached hydrogens (tertiary/aromatic N) is 1. The van der Waals surface area contributed by atoms with Crippen molar-refractivity contribution < 1.29 is 0 Å². The molecule has 1 aromatic heterocycles. The third-order valence-corrected chi connectivity index (χ3v) is 3.46. The summed E-state index contributed by atoms with van der Waals surface area (Å²) in [5.41, 5.74) is 4.81. The summed E-state index contributed by atoms with van der Waals surface area (Å²) in [4.78, 5) is 4.12. The van der Waals surface area contributed by atoms with Crippen LogP contribution in [-0.4, -0.2) is 4.98 Å². The average Bonchev–Trinajstić information content (AvgIpc) is 2.30. The van der Waals surface area contributed by atoms with Crippen molar-refractivity contribution in [2.45, 2.75) is 20.4 Å². The molecule has 0 spiro atoms. The Kier molecular flexibility index (Phi) is 3.79. The predicted octanol–water partition coefficient (Wildman–Crippen LogP) is 4.07. The Morgan fingerprint density at radius 2 is 2.06 bits per heavy atom. The first-order valence-electron chi connectivity index (χ1n) is 5.56. The van der Waals surface area contributed by atoms with Gasteiger partial charge in [0.05, 0.1) is 11.9 Å². The molecule has 0 radical (unpaired) electrons. The molecule has 0 unspecified atom stereocenters. The maximum absolute atomic E-state index is 4.12. The second kappa shape index (κ2) is 5.32. The van der Waals surface area contributed by atoms with Crippen molar-refractivity contribution in [1.29, 1.82) is 0 Å². The van der Waals surface area contributed by atoms with E-state index in [0.29, 0.717) is 0 Å². The number of anilines is 1. The number of hydrogen-bond acceptors (Lipinski definition) is 2. The van der Waals surface area contributed by atoms with Gasteiger partial charge in [-0.1, -0.05) is 28.1 Å². The Balaban J connectivity index is 2.10. The summed E-state index contributed by atoms with van der Waals surface area (Å²) in [5.74, 6) is 0. The van der Waals surface area contributed by atoms with Crippen LogP contribution in [0.15, 0.2) is 41.1 Å². The molecule has 0 aliphatic heterocycles. The van der Waals surface area contributed by atoms with E-state index in [0.717, 1.165) is 16.7 Å². The quantitative estimate of drug-likeness (QED) is 0.922. The summed E-state index contributed by atoms with van der Waals surface area (Å²) >= 11 is 3.58. The minimum atomic E-state index is 0.799. The molecule has 88 valence electrons. The van der Waals surface area contributed by atoms with Gasteiger partial charge >= 0.3 is 0 Å². The van der Waals surface area contributed by atoms with Gasteiger partial charge in [0.25, 0.3) is 0 Å². The van der Waals surface area contributed by atoms with Crippen LogP contribution in [0.25, 0.3) is 0 Å². The van der Waals surface area contributed by atoms with Gasteiger partial charge in [0.2, 0.25) is 0 Å². The van der Waals surface area contributed by atoms with Crippen molar-refractivity contribution in [1.82, 2.24) is 4.98 Å². The molecule has 1 heterocycles. The van der Waals surface area contributed by atoms with Crippen LogP contribution in [0.1, 0.15) is 16.7 Å². The zero-order valence-corrected chi connectivity index (χ0v) is 11.6. The molecule has 0 fully saturated rings. The molecule has 1 N–H and O–H groups in total. The molecule has 0 saturated carbocycles. The van der Waals surface area contributed by atoms with Crippen molar-refractivity contribution >= 4 is 21.6 Å². The number of aromatic nitrogens is 1. The fraction of sp³-hybridized carbons (Fsp3) is 0.214. The number of hydrogen-bond donors (Lipinski definition) is 1. The van der Waals surface area contributed by atoms with E-state index in [1.54, 1.807) is 0 Å². The van der Waals surface area contributed by atoms with E-state index in [-0.39, 0.29) is 0 Å². The highest BCUT2D eigenvalue weighted by molar-refractivity contribution is 9.10. The van der Waals surface area contributed by atoms with Gasteiger partial charge in [-0.25, -0.2) is 0 Å². The molecule has 2 rings (SSSR count). The second-order valence-electron chi connectivity index (χ2n) is 4.14. The largest absolute Gasteiger partial charge is 0.379 e. The molecule has 0 bridgehead atoms. The maximum atomic E-state index is 4.12. The van der Waals surface area contributed by atoms with Crippen LogP contribution in [0.4, 0.5) is 5.69 Å². The molecule has 0 amide bonds. The lowest BCUT2D eigenvalue weighted by atomic mass is 10.1. The van der Waals surface area contributed by atoms with Crippen LogP contribution < -0.4 is 5.32 Å². The van der Waals surface area contributed by atoms with E-state index in [1.165, 1.54) is 16.7 Å². The lowest BCUT2D eigenvalue weighted by Crippen LogP contribution is -2.02. The van der Waals surface area contributed by atoms with Crippen LogP contribution in [0.3, 0.4) is 0 Å². The van der Waals surface area contributed by atoms with Gasteiger partial charge < -0.3 is 5.32 Å². The fourth-order valence-electron chi connectivity index (χ4n) is 1.64.